The van der Waals surface area contributed by atoms with Gasteiger partial charge in [-0.05, 0) is 55.0 Å². The Bertz CT molecular complexity index is 777. The van der Waals surface area contributed by atoms with Gasteiger partial charge >= 0.3 is 0 Å². The zero-order valence-corrected chi connectivity index (χ0v) is 11.8. The average Bonchev–Trinajstić information content (AvgIpc) is 2.78. The van der Waals surface area contributed by atoms with Crippen LogP contribution in [0.15, 0.2) is 59.2 Å². The highest BCUT2D eigenvalue weighted by atomic mass is 19.1. The maximum absolute atomic E-state index is 13.0. The van der Waals surface area contributed by atoms with Crippen molar-refractivity contribution in [1.29, 1.82) is 0 Å². The summed E-state index contributed by atoms with van der Waals surface area (Å²) in [6.07, 6.45) is 1.71. The van der Waals surface area contributed by atoms with Gasteiger partial charge < -0.3 is 5.11 Å². The summed E-state index contributed by atoms with van der Waals surface area (Å²) in [7, 11) is 0. The molecule has 2 aromatic carbocycles. The summed E-state index contributed by atoms with van der Waals surface area (Å²) >= 11 is 0. The number of anilines is 1. The molecule has 110 valence electrons. The molecule has 0 fully saturated rings. The Balaban J connectivity index is 1.92. The second kappa shape index (κ2) is 5.44. The summed E-state index contributed by atoms with van der Waals surface area (Å²) in [5.41, 5.74) is 2.36. The zero-order chi connectivity index (χ0) is 15.7. The Morgan fingerprint density at radius 3 is 2.36 bits per heavy atom. The second-order valence-corrected chi connectivity index (χ2v) is 4.93. The van der Waals surface area contributed by atoms with Gasteiger partial charge in [0.25, 0.3) is 5.91 Å². The first-order valence-corrected chi connectivity index (χ1v) is 6.71. The lowest BCUT2D eigenvalue weighted by Gasteiger charge is -2.11. The number of amides is 1. The third-order valence-corrected chi connectivity index (χ3v) is 3.34. The molecule has 1 N–H and O–H groups in total. The standard InChI is InChI=1S/C17H13FN2O2/c1-11-16(10-12-2-8-15(21)9-3-12)17(22)20(19-11)14-6-4-13(18)5-7-14/h2-10,21H,1H3. The Morgan fingerprint density at radius 2 is 1.73 bits per heavy atom. The molecule has 0 saturated carbocycles. The van der Waals surface area contributed by atoms with Crippen LogP contribution in [0.1, 0.15) is 12.5 Å². The first-order chi connectivity index (χ1) is 10.5. The van der Waals surface area contributed by atoms with Gasteiger partial charge in [0.1, 0.15) is 11.6 Å². The van der Waals surface area contributed by atoms with E-state index in [9.17, 15) is 14.3 Å². The van der Waals surface area contributed by atoms with Crippen LogP contribution in [0.5, 0.6) is 5.75 Å². The van der Waals surface area contributed by atoms with E-state index in [1.54, 1.807) is 37.3 Å². The van der Waals surface area contributed by atoms with E-state index in [0.717, 1.165) is 5.56 Å². The molecule has 3 rings (SSSR count). The maximum atomic E-state index is 13.0. The van der Waals surface area contributed by atoms with Crippen molar-refractivity contribution in [1.82, 2.24) is 0 Å². The molecule has 0 atom stereocenters. The molecule has 0 aromatic heterocycles. The second-order valence-electron chi connectivity index (χ2n) is 4.93. The molecule has 0 radical (unpaired) electrons. The number of hydrazone groups is 1. The van der Waals surface area contributed by atoms with E-state index in [1.807, 2.05) is 0 Å². The largest absolute Gasteiger partial charge is 0.508 e. The van der Waals surface area contributed by atoms with Crippen LogP contribution >= 0.6 is 0 Å². The average molecular weight is 296 g/mol. The maximum Gasteiger partial charge on any atom is 0.280 e. The smallest absolute Gasteiger partial charge is 0.280 e. The number of benzene rings is 2. The number of aromatic hydroxyl groups is 1. The molecule has 0 bridgehead atoms. The molecule has 2 aromatic rings. The normalized spacial score (nSPS) is 16.3. The molecule has 5 heteroatoms. The lowest BCUT2D eigenvalue weighted by molar-refractivity contribution is -0.114. The van der Waals surface area contributed by atoms with Gasteiger partial charge in [0.15, 0.2) is 0 Å². The van der Waals surface area contributed by atoms with Crippen LogP contribution in [0.4, 0.5) is 10.1 Å². The minimum Gasteiger partial charge on any atom is -0.508 e. The van der Waals surface area contributed by atoms with Crippen LogP contribution in [0, 0.1) is 5.82 Å². The van der Waals surface area contributed by atoms with Crippen LogP contribution in [0.25, 0.3) is 6.08 Å². The first kappa shape index (κ1) is 14.0. The van der Waals surface area contributed by atoms with Crippen molar-refractivity contribution in [3.8, 4) is 5.75 Å². The predicted molar refractivity (Wildman–Crippen MR) is 83.1 cm³/mol. The summed E-state index contributed by atoms with van der Waals surface area (Å²) in [5, 5.41) is 14.8. The molecule has 0 unspecified atom stereocenters. The highest BCUT2D eigenvalue weighted by Gasteiger charge is 2.28. The quantitative estimate of drug-likeness (QED) is 0.864. The summed E-state index contributed by atoms with van der Waals surface area (Å²) in [6.45, 7) is 1.74. The number of hydrogen-bond donors (Lipinski definition) is 1. The van der Waals surface area contributed by atoms with E-state index < -0.39 is 0 Å². The fraction of sp³-hybridized carbons (Fsp3) is 0.0588. The predicted octanol–water partition coefficient (Wildman–Crippen LogP) is 3.34. The third-order valence-electron chi connectivity index (χ3n) is 3.34. The molecule has 0 saturated heterocycles. The summed E-state index contributed by atoms with van der Waals surface area (Å²) in [6, 6.07) is 12.1. The van der Waals surface area contributed by atoms with Gasteiger partial charge in [0, 0.05) is 0 Å². The molecule has 22 heavy (non-hydrogen) atoms. The topological polar surface area (TPSA) is 52.9 Å². The highest BCUT2D eigenvalue weighted by molar-refractivity contribution is 6.32. The van der Waals surface area contributed by atoms with Crippen molar-refractivity contribution in [3.05, 3.63) is 65.5 Å². The van der Waals surface area contributed by atoms with E-state index in [0.29, 0.717) is 17.0 Å². The van der Waals surface area contributed by atoms with Crippen molar-refractivity contribution in [2.24, 2.45) is 5.10 Å². The van der Waals surface area contributed by atoms with Gasteiger partial charge in [-0.15, -0.1) is 0 Å². The van der Waals surface area contributed by atoms with E-state index in [2.05, 4.69) is 5.10 Å². The zero-order valence-electron chi connectivity index (χ0n) is 11.8. The third kappa shape index (κ3) is 2.61. The molecule has 0 spiro atoms. The summed E-state index contributed by atoms with van der Waals surface area (Å²) in [5.74, 6) is -0.466. The highest BCUT2D eigenvalue weighted by Crippen LogP contribution is 2.25. The molecule has 4 nitrogen and oxygen atoms in total. The van der Waals surface area contributed by atoms with Crippen molar-refractivity contribution >= 4 is 23.4 Å². The summed E-state index contributed by atoms with van der Waals surface area (Å²) < 4.78 is 13.0. The molecule has 0 aliphatic carbocycles. The number of nitrogens with zero attached hydrogens (tertiary/aromatic N) is 2. The van der Waals surface area contributed by atoms with Crippen molar-refractivity contribution < 1.29 is 14.3 Å². The SMILES string of the molecule is CC1=NN(c2ccc(F)cc2)C(=O)C1=Cc1ccc(O)cc1. The molecule has 1 aliphatic rings. The molecule has 1 aliphatic heterocycles. The van der Waals surface area contributed by atoms with Crippen LogP contribution in [-0.2, 0) is 4.79 Å². The first-order valence-electron chi connectivity index (χ1n) is 6.71. The van der Waals surface area contributed by atoms with Gasteiger partial charge in [-0.1, -0.05) is 12.1 Å². The molecule has 1 heterocycles. The van der Waals surface area contributed by atoms with Crippen LogP contribution in [0.3, 0.4) is 0 Å². The minimum absolute atomic E-state index is 0.165. The van der Waals surface area contributed by atoms with E-state index in [4.69, 9.17) is 0 Å². The fourth-order valence-electron chi connectivity index (χ4n) is 2.18. The number of phenolic OH excluding ortho intramolecular Hbond substituents is 1. The lowest BCUT2D eigenvalue weighted by Crippen LogP contribution is -2.21. The van der Waals surface area contributed by atoms with Crippen molar-refractivity contribution in [3.63, 3.8) is 0 Å². The monoisotopic (exact) mass is 296 g/mol. The van der Waals surface area contributed by atoms with E-state index in [1.165, 1.54) is 29.3 Å². The lowest BCUT2D eigenvalue weighted by atomic mass is 10.1. The Hall–Kier alpha value is -2.95. The van der Waals surface area contributed by atoms with Crippen molar-refractivity contribution in [2.75, 3.05) is 5.01 Å². The van der Waals surface area contributed by atoms with Crippen LogP contribution in [-0.4, -0.2) is 16.7 Å². The van der Waals surface area contributed by atoms with Crippen LogP contribution in [0.2, 0.25) is 0 Å². The molecular formula is C17H13FN2O2. The van der Waals surface area contributed by atoms with Gasteiger partial charge in [0.05, 0.1) is 17.0 Å². The fourth-order valence-corrected chi connectivity index (χ4v) is 2.18. The Labute approximate surface area is 126 Å². The van der Waals surface area contributed by atoms with Gasteiger partial charge in [-0.25, -0.2) is 4.39 Å². The van der Waals surface area contributed by atoms with Gasteiger partial charge in [-0.3, -0.25) is 4.79 Å². The summed E-state index contributed by atoms with van der Waals surface area (Å²) in [4.78, 5) is 12.5. The number of carbonyl (C=O) groups excluding carboxylic acids is 1. The van der Waals surface area contributed by atoms with E-state index in [-0.39, 0.29) is 17.5 Å². The molecule has 1 amide bonds. The number of halogens is 1. The number of hydrogen-bond acceptors (Lipinski definition) is 3. The van der Waals surface area contributed by atoms with Gasteiger partial charge in [-0.2, -0.15) is 10.1 Å². The Morgan fingerprint density at radius 1 is 1.09 bits per heavy atom. The van der Waals surface area contributed by atoms with Crippen molar-refractivity contribution in [2.45, 2.75) is 6.92 Å². The molecular weight excluding hydrogens is 283 g/mol. The minimum atomic E-state index is -0.365. The number of carbonyl (C=O) groups is 1. The number of rotatable bonds is 2. The Kier molecular flexibility index (Phi) is 3.47. The number of phenols is 1. The van der Waals surface area contributed by atoms with E-state index >= 15 is 0 Å². The van der Waals surface area contributed by atoms with Gasteiger partial charge in [0.2, 0.25) is 0 Å². The van der Waals surface area contributed by atoms with Crippen LogP contribution < -0.4 is 5.01 Å².